The number of nitrogens with one attached hydrogen (secondary N) is 1. The van der Waals surface area contributed by atoms with Crippen molar-refractivity contribution < 1.29 is 0 Å². The first-order chi connectivity index (χ1) is 9.41. The van der Waals surface area contributed by atoms with Gasteiger partial charge in [-0.3, -0.25) is 16.0 Å². The first-order valence-electron chi connectivity index (χ1n) is 6.95. The summed E-state index contributed by atoms with van der Waals surface area (Å²) in [4.78, 5) is 0. The van der Waals surface area contributed by atoms with Crippen LogP contribution in [0.3, 0.4) is 0 Å². The van der Waals surface area contributed by atoms with Gasteiger partial charge in [-0.25, -0.2) is 0 Å². The van der Waals surface area contributed by atoms with Crippen molar-refractivity contribution in [1.82, 2.24) is 15.2 Å². The van der Waals surface area contributed by atoms with E-state index in [1.54, 1.807) is 6.20 Å². The second-order valence-electron chi connectivity index (χ2n) is 6.25. The van der Waals surface area contributed by atoms with Gasteiger partial charge in [0, 0.05) is 13.2 Å². The first-order valence-corrected chi connectivity index (χ1v) is 6.95. The van der Waals surface area contributed by atoms with Crippen LogP contribution in [0.15, 0.2) is 36.5 Å². The summed E-state index contributed by atoms with van der Waals surface area (Å²) in [5, 5.41) is 4.19. The minimum atomic E-state index is 0.0722. The summed E-state index contributed by atoms with van der Waals surface area (Å²) in [6.45, 7) is 6.67. The summed E-state index contributed by atoms with van der Waals surface area (Å²) in [6.07, 6.45) is 2.64. The summed E-state index contributed by atoms with van der Waals surface area (Å²) in [5.41, 5.74) is 6.77. The Kier molecular flexibility index (Phi) is 4.26. The fourth-order valence-corrected chi connectivity index (χ4v) is 2.35. The van der Waals surface area contributed by atoms with Crippen LogP contribution >= 0.6 is 0 Å². The van der Waals surface area contributed by atoms with Gasteiger partial charge in [0.25, 0.3) is 0 Å². The highest BCUT2D eigenvalue weighted by Crippen LogP contribution is 2.24. The van der Waals surface area contributed by atoms with Gasteiger partial charge in [0.05, 0.1) is 11.7 Å². The first kappa shape index (κ1) is 14.8. The summed E-state index contributed by atoms with van der Waals surface area (Å²) < 4.78 is 1.86. The molecule has 0 saturated carbocycles. The lowest BCUT2D eigenvalue weighted by molar-refractivity contribution is 0.508. The number of aryl methyl sites for hydroxylation is 1. The van der Waals surface area contributed by atoms with Crippen LogP contribution in [0, 0.1) is 0 Å². The predicted molar refractivity (Wildman–Crippen MR) is 82.1 cm³/mol. The molecule has 2 aromatic rings. The van der Waals surface area contributed by atoms with E-state index in [9.17, 15) is 0 Å². The molecule has 1 aromatic carbocycles. The molecule has 4 heteroatoms. The largest absolute Gasteiger partial charge is 0.271 e. The molecule has 0 amide bonds. The monoisotopic (exact) mass is 272 g/mol. The third kappa shape index (κ3) is 3.26. The lowest BCUT2D eigenvalue weighted by Crippen LogP contribution is -2.31. The van der Waals surface area contributed by atoms with Crippen LogP contribution < -0.4 is 11.3 Å². The number of rotatable bonds is 4. The molecule has 4 nitrogen and oxygen atoms in total. The number of aromatic nitrogens is 2. The summed E-state index contributed by atoms with van der Waals surface area (Å²) in [7, 11) is 1.93. The van der Waals surface area contributed by atoms with Crippen LogP contribution in [0.25, 0.3) is 0 Å². The summed E-state index contributed by atoms with van der Waals surface area (Å²) in [6, 6.07) is 10.8. The highest BCUT2D eigenvalue weighted by molar-refractivity contribution is 5.28. The number of hydrogen-bond acceptors (Lipinski definition) is 3. The van der Waals surface area contributed by atoms with Crippen LogP contribution in [0.5, 0.6) is 0 Å². The zero-order valence-corrected chi connectivity index (χ0v) is 12.7. The van der Waals surface area contributed by atoms with Gasteiger partial charge in [-0.05, 0) is 29.0 Å². The van der Waals surface area contributed by atoms with Crippen molar-refractivity contribution >= 4 is 0 Å². The Morgan fingerprint density at radius 3 is 2.30 bits per heavy atom. The standard InChI is InChI=1S/C16H24N4/c1-16(2,3)13-7-5-12(6-8-13)11-14(19-17)15-9-10-18-20(15)4/h5-10,14,19H,11,17H2,1-4H3. The molecule has 1 aromatic heterocycles. The Bertz CT molecular complexity index is 549. The van der Waals surface area contributed by atoms with Crippen molar-refractivity contribution in [2.75, 3.05) is 0 Å². The van der Waals surface area contributed by atoms with Crippen molar-refractivity contribution in [1.29, 1.82) is 0 Å². The maximum absolute atomic E-state index is 5.69. The van der Waals surface area contributed by atoms with E-state index < -0.39 is 0 Å². The molecule has 20 heavy (non-hydrogen) atoms. The third-order valence-corrected chi connectivity index (χ3v) is 3.68. The van der Waals surface area contributed by atoms with Crippen molar-refractivity contribution in [2.24, 2.45) is 12.9 Å². The van der Waals surface area contributed by atoms with Crippen molar-refractivity contribution in [3.63, 3.8) is 0 Å². The molecule has 0 saturated heterocycles. The average molecular weight is 272 g/mol. The molecule has 0 aliphatic heterocycles. The molecule has 0 fully saturated rings. The quantitative estimate of drug-likeness (QED) is 0.664. The fourth-order valence-electron chi connectivity index (χ4n) is 2.35. The average Bonchev–Trinajstić information content (AvgIpc) is 2.82. The molecular formula is C16H24N4. The summed E-state index contributed by atoms with van der Waals surface area (Å²) in [5.74, 6) is 5.69. The van der Waals surface area contributed by atoms with E-state index in [0.29, 0.717) is 0 Å². The van der Waals surface area contributed by atoms with Gasteiger partial charge in [0.2, 0.25) is 0 Å². The molecule has 0 bridgehead atoms. The summed E-state index contributed by atoms with van der Waals surface area (Å²) >= 11 is 0. The Balaban J connectivity index is 2.15. The molecule has 0 aliphatic carbocycles. The zero-order chi connectivity index (χ0) is 14.8. The highest BCUT2D eigenvalue weighted by Gasteiger charge is 2.16. The molecule has 1 atom stereocenters. The lowest BCUT2D eigenvalue weighted by Gasteiger charge is -2.20. The highest BCUT2D eigenvalue weighted by atomic mass is 15.3. The van der Waals surface area contributed by atoms with E-state index in [4.69, 9.17) is 5.84 Å². The number of hydrogen-bond donors (Lipinski definition) is 2. The maximum atomic E-state index is 5.69. The Labute approximate surface area is 121 Å². The maximum Gasteiger partial charge on any atom is 0.0669 e. The van der Waals surface area contributed by atoms with Crippen molar-refractivity contribution in [3.8, 4) is 0 Å². The van der Waals surface area contributed by atoms with E-state index in [0.717, 1.165) is 12.1 Å². The topological polar surface area (TPSA) is 55.9 Å². The molecule has 108 valence electrons. The van der Waals surface area contributed by atoms with Gasteiger partial charge in [-0.15, -0.1) is 0 Å². The second kappa shape index (κ2) is 5.77. The van der Waals surface area contributed by atoms with Gasteiger partial charge >= 0.3 is 0 Å². The molecule has 0 aliphatic rings. The van der Waals surface area contributed by atoms with Crippen LogP contribution in [-0.4, -0.2) is 9.78 Å². The van der Waals surface area contributed by atoms with E-state index >= 15 is 0 Å². The molecule has 1 unspecified atom stereocenters. The smallest absolute Gasteiger partial charge is 0.0669 e. The van der Waals surface area contributed by atoms with Crippen LogP contribution in [0.4, 0.5) is 0 Å². The normalized spacial score (nSPS) is 13.4. The number of hydrazine groups is 1. The molecule has 1 heterocycles. The number of nitrogens with zero attached hydrogens (tertiary/aromatic N) is 2. The molecular weight excluding hydrogens is 248 g/mol. The number of nitrogens with two attached hydrogens (primary N) is 1. The Morgan fingerprint density at radius 1 is 1.20 bits per heavy atom. The second-order valence-corrected chi connectivity index (χ2v) is 6.25. The van der Waals surface area contributed by atoms with Crippen LogP contribution in [0.2, 0.25) is 0 Å². The lowest BCUT2D eigenvalue weighted by atomic mass is 9.86. The third-order valence-electron chi connectivity index (χ3n) is 3.68. The zero-order valence-electron chi connectivity index (χ0n) is 12.7. The SMILES string of the molecule is Cn1nccc1C(Cc1ccc(C(C)(C)C)cc1)NN. The van der Waals surface area contributed by atoms with E-state index in [1.807, 2.05) is 17.8 Å². The Hall–Kier alpha value is -1.65. The van der Waals surface area contributed by atoms with E-state index in [1.165, 1.54) is 11.1 Å². The predicted octanol–water partition coefficient (Wildman–Crippen LogP) is 2.46. The van der Waals surface area contributed by atoms with Gasteiger partial charge in [0.15, 0.2) is 0 Å². The van der Waals surface area contributed by atoms with Crippen molar-refractivity contribution in [3.05, 3.63) is 53.3 Å². The Morgan fingerprint density at radius 2 is 1.85 bits per heavy atom. The molecule has 3 N–H and O–H groups in total. The van der Waals surface area contributed by atoms with Crippen LogP contribution in [-0.2, 0) is 18.9 Å². The molecule has 2 rings (SSSR count). The van der Waals surface area contributed by atoms with Crippen LogP contribution in [0.1, 0.15) is 43.6 Å². The van der Waals surface area contributed by atoms with E-state index in [2.05, 4.69) is 55.6 Å². The number of benzene rings is 1. The van der Waals surface area contributed by atoms with Gasteiger partial charge < -0.3 is 0 Å². The van der Waals surface area contributed by atoms with Gasteiger partial charge in [-0.2, -0.15) is 5.10 Å². The molecule has 0 radical (unpaired) electrons. The minimum absolute atomic E-state index is 0.0722. The van der Waals surface area contributed by atoms with Gasteiger partial charge in [0.1, 0.15) is 0 Å². The minimum Gasteiger partial charge on any atom is -0.271 e. The van der Waals surface area contributed by atoms with Crippen molar-refractivity contribution in [2.45, 2.75) is 38.6 Å². The van der Waals surface area contributed by atoms with E-state index in [-0.39, 0.29) is 11.5 Å². The fraction of sp³-hybridized carbons (Fsp3) is 0.438. The van der Waals surface area contributed by atoms with Gasteiger partial charge in [-0.1, -0.05) is 45.0 Å². The molecule has 0 spiro atoms.